The molecular weight excluding hydrogens is 255 g/mol. The van der Waals surface area contributed by atoms with Gasteiger partial charge < -0.3 is 0 Å². The molecule has 2 aromatic heterocycles. The average Bonchev–Trinajstić information content (AvgIpc) is 2.48. The van der Waals surface area contributed by atoms with Crippen LogP contribution < -0.4 is 0 Å². The topological polar surface area (TPSA) is 30.2 Å². The molecule has 0 N–H and O–H groups in total. The number of alkyl halides is 3. The molecule has 2 aromatic rings. The van der Waals surface area contributed by atoms with Gasteiger partial charge in [-0.2, -0.15) is 18.3 Å². The monoisotopic (exact) mass is 263 g/mol. The number of rotatable bonds is 0. The zero-order valence-corrected chi connectivity index (χ0v) is 10.1. The van der Waals surface area contributed by atoms with Gasteiger partial charge in [-0.25, -0.2) is 9.50 Å². The molecule has 0 aromatic carbocycles. The van der Waals surface area contributed by atoms with Gasteiger partial charge in [-0.05, 0) is 20.8 Å². The summed E-state index contributed by atoms with van der Waals surface area (Å²) in [5, 5.41) is 3.99. The van der Waals surface area contributed by atoms with E-state index in [4.69, 9.17) is 11.6 Å². The van der Waals surface area contributed by atoms with Gasteiger partial charge in [0.25, 0.3) is 0 Å². The van der Waals surface area contributed by atoms with E-state index in [-0.39, 0.29) is 16.4 Å². The summed E-state index contributed by atoms with van der Waals surface area (Å²) < 4.78 is 39.5. The van der Waals surface area contributed by atoms with E-state index < -0.39 is 11.9 Å². The molecule has 2 rings (SSSR count). The highest BCUT2D eigenvalue weighted by atomic mass is 35.5. The first kappa shape index (κ1) is 12.2. The number of halogens is 4. The molecule has 0 spiro atoms. The highest BCUT2D eigenvalue weighted by Gasteiger charge is 2.36. The summed E-state index contributed by atoms with van der Waals surface area (Å²) in [5.41, 5.74) is 0.271. The average molecular weight is 264 g/mol. The Bertz CT molecular complexity index is 601. The zero-order chi connectivity index (χ0) is 13.0. The first-order valence-electron chi connectivity index (χ1n) is 4.82. The van der Waals surface area contributed by atoms with E-state index in [0.717, 1.165) is 0 Å². The summed E-state index contributed by atoms with van der Waals surface area (Å²) in [4.78, 5) is 3.62. The maximum Gasteiger partial charge on any atom is 0.433 e. The summed E-state index contributed by atoms with van der Waals surface area (Å²) in [5.74, 6) is 0. The van der Waals surface area contributed by atoms with Crippen LogP contribution >= 0.6 is 11.6 Å². The van der Waals surface area contributed by atoms with Crippen molar-refractivity contribution in [1.82, 2.24) is 14.6 Å². The van der Waals surface area contributed by atoms with Crippen molar-refractivity contribution in [3.63, 3.8) is 0 Å². The summed E-state index contributed by atoms with van der Waals surface area (Å²) in [6.07, 6.45) is -4.51. The van der Waals surface area contributed by atoms with Gasteiger partial charge in [0.2, 0.25) is 0 Å². The number of hydrogen-bond donors (Lipinski definition) is 0. The van der Waals surface area contributed by atoms with Gasteiger partial charge in [0.05, 0.1) is 5.69 Å². The van der Waals surface area contributed by atoms with Gasteiger partial charge in [-0.15, -0.1) is 0 Å². The van der Waals surface area contributed by atoms with Crippen molar-refractivity contribution in [3.05, 3.63) is 27.7 Å². The molecule has 0 saturated heterocycles. The molecule has 0 unspecified atom stereocenters. The Kier molecular flexibility index (Phi) is 2.57. The van der Waals surface area contributed by atoms with Gasteiger partial charge >= 0.3 is 6.18 Å². The second-order valence-electron chi connectivity index (χ2n) is 3.82. The number of hydrogen-bond acceptors (Lipinski definition) is 2. The molecule has 0 saturated carbocycles. The van der Waals surface area contributed by atoms with Crippen molar-refractivity contribution >= 4 is 17.2 Å². The highest BCUT2D eigenvalue weighted by molar-refractivity contribution is 6.30. The summed E-state index contributed by atoms with van der Waals surface area (Å²) in [6.45, 7) is 4.64. The third kappa shape index (κ3) is 1.76. The Balaban J connectivity index is 2.90. The van der Waals surface area contributed by atoms with E-state index in [9.17, 15) is 13.2 Å². The van der Waals surface area contributed by atoms with Gasteiger partial charge in [0, 0.05) is 11.1 Å². The molecule has 0 aliphatic heterocycles. The molecule has 17 heavy (non-hydrogen) atoms. The minimum atomic E-state index is -4.51. The van der Waals surface area contributed by atoms with Crippen LogP contribution in [0.15, 0.2) is 0 Å². The van der Waals surface area contributed by atoms with Crippen LogP contribution in [0.2, 0.25) is 5.15 Å². The van der Waals surface area contributed by atoms with Crippen molar-refractivity contribution in [2.75, 3.05) is 0 Å². The van der Waals surface area contributed by atoms with Gasteiger partial charge in [-0.3, -0.25) is 0 Å². The smallest absolute Gasteiger partial charge is 0.223 e. The number of aryl methyl sites for hydroxylation is 2. The van der Waals surface area contributed by atoms with Crippen LogP contribution in [-0.2, 0) is 6.18 Å². The van der Waals surface area contributed by atoms with E-state index in [2.05, 4.69) is 10.1 Å². The van der Waals surface area contributed by atoms with E-state index in [1.54, 1.807) is 13.8 Å². The second kappa shape index (κ2) is 3.60. The summed E-state index contributed by atoms with van der Waals surface area (Å²) in [7, 11) is 0. The van der Waals surface area contributed by atoms with Crippen LogP contribution in [-0.4, -0.2) is 14.6 Å². The van der Waals surface area contributed by atoms with Crippen molar-refractivity contribution in [1.29, 1.82) is 0 Å². The van der Waals surface area contributed by atoms with Gasteiger partial charge in [0.1, 0.15) is 5.15 Å². The lowest BCUT2D eigenvalue weighted by Crippen LogP contribution is -2.13. The first-order valence-corrected chi connectivity index (χ1v) is 5.20. The summed E-state index contributed by atoms with van der Waals surface area (Å²) >= 11 is 5.88. The number of nitrogens with zero attached hydrogens (tertiary/aromatic N) is 3. The maximum absolute atomic E-state index is 12.7. The zero-order valence-electron chi connectivity index (χ0n) is 9.35. The van der Waals surface area contributed by atoms with E-state index in [1.165, 1.54) is 11.4 Å². The van der Waals surface area contributed by atoms with Crippen molar-refractivity contribution < 1.29 is 13.2 Å². The predicted octanol–water partition coefficient (Wildman–Crippen LogP) is 3.33. The normalized spacial score (nSPS) is 12.4. The van der Waals surface area contributed by atoms with E-state index >= 15 is 0 Å². The fraction of sp³-hybridized carbons (Fsp3) is 0.400. The fourth-order valence-corrected chi connectivity index (χ4v) is 1.79. The predicted molar refractivity (Wildman–Crippen MR) is 57.2 cm³/mol. The van der Waals surface area contributed by atoms with Crippen LogP contribution in [0.3, 0.4) is 0 Å². The minimum Gasteiger partial charge on any atom is -0.223 e. The third-order valence-corrected chi connectivity index (χ3v) is 3.11. The first-order chi connectivity index (χ1) is 7.73. The Morgan fingerprint density at radius 1 is 1.12 bits per heavy atom. The number of aromatic nitrogens is 3. The molecule has 0 radical (unpaired) electrons. The minimum absolute atomic E-state index is 0.0569. The quantitative estimate of drug-likeness (QED) is 0.683. The molecule has 0 amide bonds. The van der Waals surface area contributed by atoms with Crippen LogP contribution in [0.1, 0.15) is 22.5 Å². The molecule has 92 valence electrons. The van der Waals surface area contributed by atoms with E-state index in [0.29, 0.717) is 11.3 Å². The molecule has 7 heteroatoms. The van der Waals surface area contributed by atoms with Gasteiger partial charge in [-0.1, -0.05) is 11.6 Å². The van der Waals surface area contributed by atoms with Crippen molar-refractivity contribution in [2.45, 2.75) is 26.9 Å². The Morgan fingerprint density at radius 3 is 2.24 bits per heavy atom. The maximum atomic E-state index is 12.7. The van der Waals surface area contributed by atoms with Crippen LogP contribution in [0.25, 0.3) is 5.65 Å². The largest absolute Gasteiger partial charge is 0.433 e. The number of fused-ring (bicyclic) bond motifs is 1. The lowest BCUT2D eigenvalue weighted by atomic mass is 10.2. The Labute approximate surface area is 100 Å². The molecule has 0 bridgehead atoms. The van der Waals surface area contributed by atoms with Crippen LogP contribution in [0, 0.1) is 20.8 Å². The molecular formula is C10H9ClF3N3. The highest BCUT2D eigenvalue weighted by Crippen LogP contribution is 2.34. The van der Waals surface area contributed by atoms with Crippen molar-refractivity contribution in [2.24, 2.45) is 0 Å². The molecule has 0 aliphatic carbocycles. The van der Waals surface area contributed by atoms with Crippen molar-refractivity contribution in [3.8, 4) is 0 Å². The lowest BCUT2D eigenvalue weighted by Gasteiger charge is -2.11. The van der Waals surface area contributed by atoms with E-state index in [1.807, 2.05) is 0 Å². The third-order valence-electron chi connectivity index (χ3n) is 2.67. The van der Waals surface area contributed by atoms with Gasteiger partial charge in [0.15, 0.2) is 11.3 Å². The SMILES string of the molecule is Cc1nn2c(Cl)c(C)c(C(F)(F)F)nc2c1C. The Hall–Kier alpha value is -1.30. The molecule has 2 heterocycles. The molecule has 0 aliphatic rings. The molecule has 0 fully saturated rings. The standard InChI is InChI=1S/C10H9ClF3N3/c1-4-6(3)16-17-8(11)5(2)7(10(12,13)14)15-9(4)17/h1-3H3. The summed E-state index contributed by atoms with van der Waals surface area (Å²) in [6, 6.07) is 0. The van der Waals surface area contributed by atoms with Crippen LogP contribution in [0.5, 0.6) is 0 Å². The fourth-order valence-electron chi connectivity index (χ4n) is 1.58. The lowest BCUT2D eigenvalue weighted by molar-refractivity contribution is -0.141. The molecule has 0 atom stereocenters. The van der Waals surface area contributed by atoms with Crippen LogP contribution in [0.4, 0.5) is 13.2 Å². The molecule has 3 nitrogen and oxygen atoms in total. The second-order valence-corrected chi connectivity index (χ2v) is 4.18. The Morgan fingerprint density at radius 2 is 1.71 bits per heavy atom.